The Morgan fingerprint density at radius 2 is 2.00 bits per heavy atom. The van der Waals surface area contributed by atoms with Gasteiger partial charge in [-0.15, -0.1) is 0 Å². The Labute approximate surface area is 166 Å². The standard InChI is InChI=1S/C19H17Cl2N3O3/c1-18(21)11-25-19(27-18,10-24-13-22-12-23-24)14-3-2-4-17(9-14)26-16-7-5-15(20)6-8-16/h2-9,12-13H,10-11H2,1H3. The van der Waals surface area contributed by atoms with Crippen LogP contribution in [0.1, 0.15) is 12.5 Å². The molecule has 3 aromatic rings. The second kappa shape index (κ2) is 7.13. The zero-order valence-corrected chi connectivity index (χ0v) is 16.0. The van der Waals surface area contributed by atoms with Gasteiger partial charge in [0.05, 0.1) is 6.61 Å². The number of nitrogens with zero attached hydrogens (tertiary/aromatic N) is 3. The first-order valence-electron chi connectivity index (χ1n) is 8.34. The summed E-state index contributed by atoms with van der Waals surface area (Å²) in [6.45, 7) is 2.32. The molecule has 2 unspecified atom stereocenters. The lowest BCUT2D eigenvalue weighted by Gasteiger charge is -2.29. The topological polar surface area (TPSA) is 58.4 Å². The minimum Gasteiger partial charge on any atom is -0.457 e. The Morgan fingerprint density at radius 1 is 1.19 bits per heavy atom. The maximum absolute atomic E-state index is 6.39. The first-order valence-corrected chi connectivity index (χ1v) is 9.09. The molecule has 140 valence electrons. The van der Waals surface area contributed by atoms with E-state index in [4.69, 9.17) is 37.4 Å². The van der Waals surface area contributed by atoms with Crippen LogP contribution in [0.5, 0.6) is 11.5 Å². The Balaban J connectivity index is 1.65. The molecule has 0 radical (unpaired) electrons. The summed E-state index contributed by atoms with van der Waals surface area (Å²) in [5.41, 5.74) is 0.772. The Bertz CT molecular complexity index is 916. The SMILES string of the molecule is CC1(Cl)COC(Cn2cncn2)(c2cccc(Oc3ccc(Cl)cc3)c2)O1. The lowest BCUT2D eigenvalue weighted by Crippen LogP contribution is -2.35. The van der Waals surface area contributed by atoms with E-state index in [0.29, 0.717) is 23.1 Å². The van der Waals surface area contributed by atoms with Gasteiger partial charge in [0, 0.05) is 10.6 Å². The van der Waals surface area contributed by atoms with Gasteiger partial charge in [0.2, 0.25) is 5.79 Å². The third kappa shape index (κ3) is 4.09. The number of halogens is 2. The number of alkyl halides is 1. The van der Waals surface area contributed by atoms with Crippen LogP contribution in [0.2, 0.25) is 5.02 Å². The fraction of sp³-hybridized carbons (Fsp3) is 0.263. The summed E-state index contributed by atoms with van der Waals surface area (Å²) in [4.78, 5) is 3.98. The summed E-state index contributed by atoms with van der Waals surface area (Å²) in [6.07, 6.45) is 3.06. The molecular formula is C19H17Cl2N3O3. The van der Waals surface area contributed by atoms with Crippen LogP contribution >= 0.6 is 23.2 Å². The largest absolute Gasteiger partial charge is 0.457 e. The van der Waals surface area contributed by atoms with Crippen molar-refractivity contribution in [3.63, 3.8) is 0 Å². The van der Waals surface area contributed by atoms with E-state index in [0.717, 1.165) is 5.56 Å². The third-order valence-corrected chi connectivity index (χ3v) is 4.54. The van der Waals surface area contributed by atoms with Crippen LogP contribution in [0.4, 0.5) is 0 Å². The van der Waals surface area contributed by atoms with Crippen molar-refractivity contribution in [3.8, 4) is 11.5 Å². The van der Waals surface area contributed by atoms with Gasteiger partial charge in [-0.2, -0.15) is 5.10 Å². The molecule has 6 nitrogen and oxygen atoms in total. The first-order chi connectivity index (χ1) is 12.9. The molecule has 0 N–H and O–H groups in total. The van der Waals surface area contributed by atoms with Crippen LogP contribution in [0.15, 0.2) is 61.2 Å². The summed E-state index contributed by atoms with van der Waals surface area (Å²) in [5, 5.41) is 3.87. The molecule has 4 rings (SSSR count). The van der Waals surface area contributed by atoms with Crippen LogP contribution in [0.25, 0.3) is 0 Å². The summed E-state index contributed by atoms with van der Waals surface area (Å²) in [6, 6.07) is 14.7. The van der Waals surface area contributed by atoms with Gasteiger partial charge >= 0.3 is 0 Å². The Hall–Kier alpha value is -2.12. The van der Waals surface area contributed by atoms with Crippen molar-refractivity contribution in [2.24, 2.45) is 0 Å². The normalized spacial score (nSPS) is 24.9. The van der Waals surface area contributed by atoms with Crippen molar-refractivity contribution in [3.05, 3.63) is 71.8 Å². The van der Waals surface area contributed by atoms with Crippen LogP contribution in [0, 0.1) is 0 Å². The molecule has 2 heterocycles. The van der Waals surface area contributed by atoms with Crippen molar-refractivity contribution in [2.75, 3.05) is 6.61 Å². The average Bonchev–Trinajstić information content (AvgIpc) is 3.25. The highest BCUT2D eigenvalue weighted by Crippen LogP contribution is 2.43. The van der Waals surface area contributed by atoms with E-state index in [1.807, 2.05) is 24.3 Å². The molecule has 1 aliphatic rings. The molecule has 0 bridgehead atoms. The van der Waals surface area contributed by atoms with Crippen LogP contribution in [-0.2, 0) is 21.8 Å². The average molecular weight is 406 g/mol. The highest BCUT2D eigenvalue weighted by atomic mass is 35.5. The first kappa shape index (κ1) is 18.3. The number of benzene rings is 2. The van der Waals surface area contributed by atoms with Crippen molar-refractivity contribution in [2.45, 2.75) is 24.3 Å². The van der Waals surface area contributed by atoms with Gasteiger partial charge in [-0.05, 0) is 43.3 Å². The fourth-order valence-electron chi connectivity index (χ4n) is 2.92. The summed E-state index contributed by atoms with van der Waals surface area (Å²) in [5.74, 6) is 0.226. The maximum atomic E-state index is 6.39. The highest BCUT2D eigenvalue weighted by molar-refractivity contribution is 6.30. The van der Waals surface area contributed by atoms with Gasteiger partial charge in [-0.25, -0.2) is 9.67 Å². The lowest BCUT2D eigenvalue weighted by molar-refractivity contribution is -0.192. The minimum absolute atomic E-state index is 0.242. The Morgan fingerprint density at radius 3 is 2.67 bits per heavy atom. The summed E-state index contributed by atoms with van der Waals surface area (Å²) < 4.78 is 19.7. The molecule has 27 heavy (non-hydrogen) atoms. The minimum atomic E-state index is -1.09. The van der Waals surface area contributed by atoms with Crippen molar-refractivity contribution in [1.82, 2.24) is 14.8 Å². The van der Waals surface area contributed by atoms with E-state index >= 15 is 0 Å². The molecule has 1 fully saturated rings. The van der Waals surface area contributed by atoms with Gasteiger partial charge < -0.3 is 14.2 Å². The monoisotopic (exact) mass is 405 g/mol. The van der Waals surface area contributed by atoms with Gasteiger partial charge in [-0.3, -0.25) is 0 Å². The molecule has 8 heteroatoms. The molecular weight excluding hydrogens is 389 g/mol. The van der Waals surface area contributed by atoms with E-state index in [1.54, 1.807) is 42.2 Å². The number of aromatic nitrogens is 3. The molecule has 0 amide bonds. The predicted molar refractivity (Wildman–Crippen MR) is 101 cm³/mol. The van der Waals surface area contributed by atoms with E-state index in [2.05, 4.69) is 10.1 Å². The summed E-state index contributed by atoms with van der Waals surface area (Å²) in [7, 11) is 0. The van der Waals surface area contributed by atoms with Crippen molar-refractivity contribution in [1.29, 1.82) is 0 Å². The second-order valence-corrected chi connectivity index (χ2v) is 7.66. The fourth-order valence-corrected chi connectivity index (χ4v) is 3.23. The second-order valence-electron chi connectivity index (χ2n) is 6.42. The zero-order chi connectivity index (χ0) is 18.9. The molecule has 2 aromatic carbocycles. The zero-order valence-electron chi connectivity index (χ0n) is 14.5. The smallest absolute Gasteiger partial charge is 0.217 e. The van der Waals surface area contributed by atoms with Gasteiger partial charge in [-0.1, -0.05) is 35.3 Å². The number of hydrogen-bond donors (Lipinski definition) is 0. The van der Waals surface area contributed by atoms with E-state index in [9.17, 15) is 0 Å². The van der Waals surface area contributed by atoms with Gasteiger partial charge in [0.15, 0.2) is 5.06 Å². The van der Waals surface area contributed by atoms with Crippen molar-refractivity contribution < 1.29 is 14.2 Å². The molecule has 1 aromatic heterocycles. The third-order valence-electron chi connectivity index (χ3n) is 4.10. The molecule has 1 saturated heterocycles. The number of ether oxygens (including phenoxy) is 3. The maximum Gasteiger partial charge on any atom is 0.217 e. The molecule has 2 atom stereocenters. The van der Waals surface area contributed by atoms with Crippen LogP contribution < -0.4 is 4.74 Å². The Kier molecular flexibility index (Phi) is 4.82. The van der Waals surface area contributed by atoms with Gasteiger partial charge in [0.25, 0.3) is 0 Å². The van der Waals surface area contributed by atoms with E-state index in [-0.39, 0.29) is 6.61 Å². The molecule has 0 spiro atoms. The number of hydrogen-bond acceptors (Lipinski definition) is 5. The number of rotatable bonds is 5. The van der Waals surface area contributed by atoms with Crippen LogP contribution in [-0.4, -0.2) is 26.4 Å². The molecule has 0 saturated carbocycles. The quantitative estimate of drug-likeness (QED) is 0.581. The predicted octanol–water partition coefficient (Wildman–Crippen LogP) is 4.58. The van der Waals surface area contributed by atoms with Crippen molar-refractivity contribution >= 4 is 23.2 Å². The highest BCUT2D eigenvalue weighted by Gasteiger charge is 2.49. The molecule has 1 aliphatic heterocycles. The lowest BCUT2D eigenvalue weighted by atomic mass is 10.1. The van der Waals surface area contributed by atoms with Crippen LogP contribution in [0.3, 0.4) is 0 Å². The van der Waals surface area contributed by atoms with Gasteiger partial charge in [0.1, 0.15) is 30.7 Å². The molecule has 0 aliphatic carbocycles. The van der Waals surface area contributed by atoms with E-state index in [1.165, 1.54) is 6.33 Å². The van der Waals surface area contributed by atoms with E-state index < -0.39 is 10.8 Å². The summed E-state index contributed by atoms with van der Waals surface area (Å²) >= 11 is 12.3.